The third-order valence-electron chi connectivity index (χ3n) is 2.19. The molecule has 0 radical (unpaired) electrons. The van der Waals surface area contributed by atoms with E-state index < -0.39 is 0 Å². The zero-order valence-corrected chi connectivity index (χ0v) is 10.2. The van der Waals surface area contributed by atoms with Gasteiger partial charge in [0, 0.05) is 16.7 Å². The fourth-order valence-electron chi connectivity index (χ4n) is 1.21. The molecule has 1 heterocycles. The lowest BCUT2D eigenvalue weighted by molar-refractivity contribution is 0.540. The van der Waals surface area contributed by atoms with E-state index in [4.69, 9.17) is 11.6 Å². The minimum absolute atomic E-state index is 0.0404. The molecule has 0 unspecified atom stereocenters. The maximum atomic E-state index is 6.05. The third-order valence-corrected chi connectivity index (χ3v) is 2.56. The molecule has 3 heteroatoms. The van der Waals surface area contributed by atoms with Gasteiger partial charge in [0.15, 0.2) is 0 Å². The summed E-state index contributed by atoms with van der Waals surface area (Å²) in [6.07, 6.45) is 0.900. The van der Waals surface area contributed by atoms with Crippen molar-refractivity contribution in [1.29, 1.82) is 0 Å². The summed E-state index contributed by atoms with van der Waals surface area (Å²) < 4.78 is 0. The first kappa shape index (κ1) is 11.4. The molecular weight excluding hydrogens is 196 g/mol. The zero-order chi connectivity index (χ0) is 10.9. The molecule has 0 saturated heterocycles. The van der Waals surface area contributed by atoms with Crippen LogP contribution in [-0.2, 0) is 11.8 Å². The summed E-state index contributed by atoms with van der Waals surface area (Å²) in [6.45, 7) is 10.3. The Kier molecular flexibility index (Phi) is 3.15. The highest BCUT2D eigenvalue weighted by molar-refractivity contribution is 6.30. The van der Waals surface area contributed by atoms with E-state index >= 15 is 0 Å². The number of hydrogen-bond acceptors (Lipinski definition) is 2. The summed E-state index contributed by atoms with van der Waals surface area (Å²) in [6, 6.07) is 0. The fraction of sp³-hybridized carbons (Fsp3) is 0.636. The van der Waals surface area contributed by atoms with E-state index in [0.717, 1.165) is 23.5 Å². The van der Waals surface area contributed by atoms with Crippen molar-refractivity contribution in [1.82, 2.24) is 9.97 Å². The molecule has 1 aromatic rings. The average molecular weight is 213 g/mol. The monoisotopic (exact) mass is 212 g/mol. The molecule has 1 aromatic heterocycles. The Bertz CT molecular complexity index is 340. The molecule has 0 saturated carbocycles. The van der Waals surface area contributed by atoms with Crippen molar-refractivity contribution < 1.29 is 0 Å². The first-order valence-electron chi connectivity index (χ1n) is 4.89. The van der Waals surface area contributed by atoms with Crippen molar-refractivity contribution in [2.24, 2.45) is 0 Å². The molecular formula is C11H17ClN2. The third kappa shape index (κ3) is 2.24. The summed E-state index contributed by atoms with van der Waals surface area (Å²) in [5.41, 5.74) is 2.01. The Morgan fingerprint density at radius 3 is 2.21 bits per heavy atom. The zero-order valence-electron chi connectivity index (χ0n) is 9.48. The summed E-state index contributed by atoms with van der Waals surface area (Å²) in [4.78, 5) is 8.83. The molecule has 78 valence electrons. The fourth-order valence-corrected chi connectivity index (χ4v) is 1.40. The molecule has 0 aliphatic carbocycles. The van der Waals surface area contributed by atoms with Crippen LogP contribution in [0.5, 0.6) is 0 Å². The molecule has 0 aliphatic heterocycles. The van der Waals surface area contributed by atoms with Gasteiger partial charge >= 0.3 is 0 Å². The van der Waals surface area contributed by atoms with Gasteiger partial charge < -0.3 is 0 Å². The summed E-state index contributed by atoms with van der Waals surface area (Å²) in [7, 11) is 0. The molecule has 0 atom stereocenters. The first-order chi connectivity index (χ1) is 6.36. The molecule has 0 fully saturated rings. The second-order valence-electron chi connectivity index (χ2n) is 4.51. The summed E-state index contributed by atoms with van der Waals surface area (Å²) >= 11 is 6.05. The van der Waals surface area contributed by atoms with Crippen molar-refractivity contribution >= 4 is 11.6 Å². The van der Waals surface area contributed by atoms with Gasteiger partial charge in [0.2, 0.25) is 0 Å². The smallest absolute Gasteiger partial charge is 0.135 e. The first-order valence-corrected chi connectivity index (χ1v) is 5.27. The van der Waals surface area contributed by atoms with Crippen LogP contribution >= 0.6 is 11.6 Å². The predicted molar refractivity (Wildman–Crippen MR) is 59.9 cm³/mol. The van der Waals surface area contributed by atoms with E-state index in [1.54, 1.807) is 0 Å². The van der Waals surface area contributed by atoms with Gasteiger partial charge in [0.25, 0.3) is 0 Å². The molecule has 2 nitrogen and oxygen atoms in total. The molecule has 0 aromatic carbocycles. The van der Waals surface area contributed by atoms with Crippen molar-refractivity contribution in [2.45, 2.75) is 46.5 Å². The second kappa shape index (κ2) is 3.85. The maximum absolute atomic E-state index is 6.05. The predicted octanol–water partition coefficient (Wildman–Crippen LogP) is 3.30. The quantitative estimate of drug-likeness (QED) is 0.668. The second-order valence-corrected chi connectivity index (χ2v) is 4.87. The van der Waals surface area contributed by atoms with E-state index in [0.29, 0.717) is 5.15 Å². The van der Waals surface area contributed by atoms with Crippen molar-refractivity contribution in [3.05, 3.63) is 22.2 Å². The number of hydrogen-bond donors (Lipinski definition) is 0. The SMILES string of the molecule is CCc1nc(C(C)(C)C)nc(Cl)c1C. The van der Waals surface area contributed by atoms with Crippen LogP contribution in [0.1, 0.15) is 44.8 Å². The Morgan fingerprint density at radius 2 is 1.79 bits per heavy atom. The Balaban J connectivity index is 3.30. The highest BCUT2D eigenvalue weighted by Crippen LogP contribution is 2.23. The number of nitrogens with zero attached hydrogens (tertiary/aromatic N) is 2. The molecule has 0 spiro atoms. The van der Waals surface area contributed by atoms with Crippen LogP contribution in [0.4, 0.5) is 0 Å². The minimum atomic E-state index is -0.0404. The molecule has 0 aliphatic rings. The van der Waals surface area contributed by atoms with Crippen LogP contribution < -0.4 is 0 Å². The molecule has 14 heavy (non-hydrogen) atoms. The van der Waals surface area contributed by atoms with Crippen LogP contribution in [-0.4, -0.2) is 9.97 Å². The van der Waals surface area contributed by atoms with Gasteiger partial charge in [-0.25, -0.2) is 9.97 Å². The molecule has 0 bridgehead atoms. The summed E-state index contributed by atoms with van der Waals surface area (Å²) in [5, 5.41) is 0.585. The van der Waals surface area contributed by atoms with E-state index in [1.165, 1.54) is 0 Å². The minimum Gasteiger partial charge on any atom is -0.237 e. The average Bonchev–Trinajstić information content (AvgIpc) is 2.07. The Morgan fingerprint density at radius 1 is 1.21 bits per heavy atom. The van der Waals surface area contributed by atoms with E-state index in [2.05, 4.69) is 37.7 Å². The van der Waals surface area contributed by atoms with Gasteiger partial charge in [0.05, 0.1) is 0 Å². The number of aromatic nitrogens is 2. The van der Waals surface area contributed by atoms with Gasteiger partial charge in [-0.15, -0.1) is 0 Å². The van der Waals surface area contributed by atoms with Crippen LogP contribution in [0.2, 0.25) is 5.15 Å². The highest BCUT2D eigenvalue weighted by Gasteiger charge is 2.19. The van der Waals surface area contributed by atoms with Crippen LogP contribution in [0, 0.1) is 6.92 Å². The van der Waals surface area contributed by atoms with E-state index in [-0.39, 0.29) is 5.41 Å². The van der Waals surface area contributed by atoms with Crippen LogP contribution in [0.3, 0.4) is 0 Å². The maximum Gasteiger partial charge on any atom is 0.135 e. The highest BCUT2D eigenvalue weighted by atomic mass is 35.5. The van der Waals surface area contributed by atoms with Crippen molar-refractivity contribution in [2.75, 3.05) is 0 Å². The summed E-state index contributed by atoms with van der Waals surface area (Å²) in [5.74, 6) is 0.824. The van der Waals surface area contributed by atoms with Gasteiger partial charge in [0.1, 0.15) is 11.0 Å². The Hall–Kier alpha value is -0.630. The number of aryl methyl sites for hydroxylation is 1. The normalized spacial score (nSPS) is 11.9. The largest absolute Gasteiger partial charge is 0.237 e. The molecule has 1 rings (SSSR count). The van der Waals surface area contributed by atoms with Crippen molar-refractivity contribution in [3.8, 4) is 0 Å². The van der Waals surface area contributed by atoms with Crippen LogP contribution in [0.25, 0.3) is 0 Å². The molecule has 0 amide bonds. The van der Waals surface area contributed by atoms with Gasteiger partial charge in [-0.1, -0.05) is 39.3 Å². The lowest BCUT2D eigenvalue weighted by atomic mass is 9.95. The lowest BCUT2D eigenvalue weighted by Gasteiger charge is -2.18. The molecule has 0 N–H and O–H groups in total. The van der Waals surface area contributed by atoms with E-state index in [9.17, 15) is 0 Å². The lowest BCUT2D eigenvalue weighted by Crippen LogP contribution is -2.18. The van der Waals surface area contributed by atoms with Gasteiger partial charge in [-0.3, -0.25) is 0 Å². The van der Waals surface area contributed by atoms with Gasteiger partial charge in [-0.05, 0) is 13.3 Å². The Labute approximate surface area is 90.7 Å². The topological polar surface area (TPSA) is 25.8 Å². The van der Waals surface area contributed by atoms with Crippen LogP contribution in [0.15, 0.2) is 0 Å². The van der Waals surface area contributed by atoms with Gasteiger partial charge in [-0.2, -0.15) is 0 Å². The van der Waals surface area contributed by atoms with Crippen molar-refractivity contribution in [3.63, 3.8) is 0 Å². The number of halogens is 1. The number of rotatable bonds is 1. The van der Waals surface area contributed by atoms with E-state index in [1.807, 2.05) is 6.92 Å². The standard InChI is InChI=1S/C11H17ClN2/c1-6-8-7(2)9(12)14-10(13-8)11(3,4)5/h6H2,1-5H3.